The Hall–Kier alpha value is 1.66. The van der Waals surface area contributed by atoms with Crippen molar-refractivity contribution in [2.45, 2.75) is 0 Å². The average molecular weight is 255 g/mol. The van der Waals surface area contributed by atoms with E-state index in [-0.39, 0.29) is 0 Å². The fourth-order valence-corrected chi connectivity index (χ4v) is 6.40. The second-order valence-corrected chi connectivity index (χ2v) is 8.08. The second-order valence-electron chi connectivity index (χ2n) is 1.17. The minimum absolute atomic E-state index is 0.681. The fourth-order valence-electron chi connectivity index (χ4n) is 0.153. The summed E-state index contributed by atoms with van der Waals surface area (Å²) >= 11 is 7.59. The minimum atomic E-state index is -3.04. The van der Waals surface area contributed by atoms with E-state index in [2.05, 4.69) is 23.3 Å². The lowest BCUT2D eigenvalue weighted by molar-refractivity contribution is 0.615. The van der Waals surface area contributed by atoms with Crippen molar-refractivity contribution < 1.29 is 8.42 Å². The van der Waals surface area contributed by atoms with Gasteiger partial charge >= 0.3 is 0 Å². The first-order valence-electron chi connectivity index (χ1n) is 1.82. The summed E-state index contributed by atoms with van der Waals surface area (Å²) in [6.07, 6.45) is 1.12. The molecule has 3 nitrogen and oxygen atoms in total. The van der Waals surface area contributed by atoms with Crippen molar-refractivity contribution in [2.24, 2.45) is 0 Å². The van der Waals surface area contributed by atoms with E-state index in [0.717, 1.165) is 28.2 Å². The van der Waals surface area contributed by atoms with Gasteiger partial charge in [-0.15, -0.1) is 3.12 Å². The smallest absolute Gasteiger partial charge is 0.214 e. The van der Waals surface area contributed by atoms with Crippen LogP contribution in [0.1, 0.15) is 0 Å². The van der Waals surface area contributed by atoms with Gasteiger partial charge in [-0.25, -0.2) is 8.42 Å². The molecule has 0 amide bonds. The van der Waals surface area contributed by atoms with Crippen LogP contribution < -0.4 is 0 Å². The predicted molar refractivity (Wildman–Crippen MR) is 57.4 cm³/mol. The molecule has 0 saturated carbocycles. The van der Waals surface area contributed by atoms with Crippen molar-refractivity contribution in [1.82, 2.24) is 3.12 Å². The van der Waals surface area contributed by atoms with E-state index in [1.54, 1.807) is 0 Å². The molecule has 0 aliphatic carbocycles. The summed E-state index contributed by atoms with van der Waals surface area (Å²) in [5, 5.41) is 0. The van der Waals surface area contributed by atoms with Crippen LogP contribution in [0.25, 0.3) is 0 Å². The maximum absolute atomic E-state index is 10.6. The fraction of sp³-hybridized carbons (Fsp3) is 1.00. The van der Waals surface area contributed by atoms with Gasteiger partial charge in [0.15, 0.2) is 0 Å². The van der Waals surface area contributed by atoms with Crippen molar-refractivity contribution in [3.05, 3.63) is 0 Å². The summed E-state index contributed by atoms with van der Waals surface area (Å²) < 4.78 is 22.5. The van der Waals surface area contributed by atoms with Crippen LogP contribution in [0.2, 0.25) is 0 Å². The van der Waals surface area contributed by atoms with Crippen LogP contribution in [-0.2, 0) is 8.87 Å². The molecule has 0 fully saturated rings. The van der Waals surface area contributed by atoms with Crippen LogP contribution in [0, 0.1) is 0 Å². The van der Waals surface area contributed by atoms with Crippen LogP contribution in [0.15, 0.2) is 0 Å². The predicted octanol–water partition coefficient (Wildman–Crippen LogP) is 1.88. The third-order valence-electron chi connectivity index (χ3n) is 0.330. The Labute approximate surface area is 82.4 Å². The lowest BCUT2D eigenvalue weighted by atomic mass is 12.0. The Kier molecular flexibility index (Phi) is 6.22. The lowest BCUT2D eigenvalue weighted by Gasteiger charge is -2.08. The zero-order valence-electron chi connectivity index (χ0n) is 4.79. The van der Waals surface area contributed by atoms with Crippen molar-refractivity contribution in [2.75, 3.05) is 6.26 Å². The highest BCUT2D eigenvalue weighted by atomic mass is 33.2. The molecule has 0 aromatic carbocycles. The van der Waals surface area contributed by atoms with E-state index in [4.69, 9.17) is 0 Å². The van der Waals surface area contributed by atoms with Crippen LogP contribution in [0.5, 0.6) is 0 Å². The summed E-state index contributed by atoms with van der Waals surface area (Å²) in [6.45, 7) is 0. The van der Waals surface area contributed by atoms with E-state index >= 15 is 0 Å². The third-order valence-corrected chi connectivity index (χ3v) is 6.46. The van der Waals surface area contributed by atoms with E-state index in [0.29, 0.717) is 11.0 Å². The molecule has 0 N–H and O–H groups in total. The zero-order chi connectivity index (χ0) is 8.20. The van der Waals surface area contributed by atoms with Gasteiger partial charge in [0.2, 0.25) is 8.87 Å². The van der Waals surface area contributed by atoms with Gasteiger partial charge in [-0.3, -0.25) is 0 Å². The Morgan fingerprint density at radius 1 is 1.30 bits per heavy atom. The summed E-state index contributed by atoms with van der Waals surface area (Å²) in [6, 6.07) is 0. The topological polar surface area (TPSA) is 37.4 Å². The van der Waals surface area contributed by atoms with Crippen molar-refractivity contribution in [3.63, 3.8) is 0 Å². The molecule has 0 aromatic heterocycles. The minimum Gasteiger partial charge on any atom is -0.216 e. The highest BCUT2D eigenvalue weighted by Gasteiger charge is 2.11. The summed E-state index contributed by atoms with van der Waals surface area (Å²) in [7, 11) is -0.374. The molecule has 10 heavy (non-hydrogen) atoms. The maximum Gasteiger partial charge on any atom is 0.214 e. The standard InChI is InChI=1S/CH5NO2S6/c1-10(3,4)9-2(7-5)8-6/h5-6H,1H3. The van der Waals surface area contributed by atoms with E-state index < -0.39 is 8.87 Å². The van der Waals surface area contributed by atoms with E-state index in [9.17, 15) is 8.42 Å². The molecule has 0 heterocycles. The number of nitrogens with zero attached hydrogens (tertiary/aromatic N) is 1. The van der Waals surface area contributed by atoms with E-state index in [1.807, 2.05) is 0 Å². The molecule has 0 spiro atoms. The van der Waals surface area contributed by atoms with Crippen molar-refractivity contribution in [1.29, 1.82) is 0 Å². The summed E-state index contributed by atoms with van der Waals surface area (Å²) in [5.74, 6) is 0. The number of hydrogen-bond acceptors (Lipinski definition) is 8. The van der Waals surface area contributed by atoms with Crippen molar-refractivity contribution >= 4 is 65.1 Å². The molecule has 0 radical (unpaired) electrons. The Balaban J connectivity index is 3.87. The van der Waals surface area contributed by atoms with Crippen LogP contribution >= 0.6 is 56.3 Å². The average Bonchev–Trinajstić information content (AvgIpc) is 1.81. The number of thiol groups is 2. The third kappa shape index (κ3) is 6.38. The van der Waals surface area contributed by atoms with Gasteiger partial charge in [-0.2, -0.15) is 0 Å². The monoisotopic (exact) mass is 255 g/mol. The summed E-state index contributed by atoms with van der Waals surface area (Å²) in [5.41, 5.74) is 0. The quantitative estimate of drug-likeness (QED) is 0.454. The zero-order valence-corrected chi connectivity index (χ0v) is 9.85. The Bertz CT molecular complexity index is 170. The van der Waals surface area contributed by atoms with Gasteiger partial charge in [0.05, 0.1) is 17.2 Å². The molecule has 62 valence electrons. The van der Waals surface area contributed by atoms with Gasteiger partial charge < -0.3 is 0 Å². The number of rotatable bonds is 4. The molecular formula is CH5NO2S6. The Morgan fingerprint density at radius 2 is 1.70 bits per heavy atom. The highest BCUT2D eigenvalue weighted by Crippen LogP contribution is 2.37. The van der Waals surface area contributed by atoms with Crippen LogP contribution in [-0.4, -0.2) is 17.8 Å². The molecule has 0 saturated heterocycles. The SMILES string of the molecule is CS(=O)(=O)SN(SS)SS. The largest absolute Gasteiger partial charge is 0.216 e. The number of hydrogen-bond donors (Lipinski definition) is 2. The Morgan fingerprint density at radius 3 is 1.80 bits per heavy atom. The normalized spacial score (nSPS) is 12.4. The van der Waals surface area contributed by atoms with Crippen LogP contribution in [0.3, 0.4) is 0 Å². The first kappa shape index (κ1) is 11.7. The van der Waals surface area contributed by atoms with Gasteiger partial charge in [-0.05, 0) is 0 Å². The molecular weight excluding hydrogens is 250 g/mol. The molecule has 0 rings (SSSR count). The lowest BCUT2D eigenvalue weighted by Crippen LogP contribution is -1.96. The molecule has 9 heteroatoms. The molecule has 0 unspecified atom stereocenters. The highest BCUT2D eigenvalue weighted by molar-refractivity contribution is 8.84. The van der Waals surface area contributed by atoms with Crippen molar-refractivity contribution in [3.8, 4) is 0 Å². The molecule has 0 atom stereocenters. The van der Waals surface area contributed by atoms with E-state index in [1.165, 1.54) is 3.12 Å². The van der Waals surface area contributed by atoms with Gasteiger partial charge in [0.25, 0.3) is 0 Å². The second kappa shape index (κ2) is 5.33. The molecule has 0 aliphatic heterocycles. The van der Waals surface area contributed by atoms with Crippen LogP contribution in [0.4, 0.5) is 0 Å². The molecule has 0 aliphatic rings. The first-order chi connectivity index (χ1) is 4.49. The van der Waals surface area contributed by atoms with Gasteiger partial charge in [0.1, 0.15) is 0 Å². The van der Waals surface area contributed by atoms with Gasteiger partial charge in [0, 0.05) is 22.0 Å². The first-order valence-corrected chi connectivity index (χ1v) is 8.65. The maximum atomic E-state index is 10.6. The summed E-state index contributed by atoms with van der Waals surface area (Å²) in [4.78, 5) is 0. The van der Waals surface area contributed by atoms with Gasteiger partial charge in [-0.1, -0.05) is 23.3 Å². The molecule has 0 bridgehead atoms. The molecule has 0 aromatic rings.